The molecule has 2 heterocycles. The van der Waals surface area contributed by atoms with Gasteiger partial charge in [0.1, 0.15) is 0 Å². The Morgan fingerprint density at radius 2 is 2.36 bits per heavy atom. The maximum absolute atomic E-state index is 10.6. The number of carboxylic acids is 1. The molecule has 0 spiro atoms. The molecule has 0 unspecified atom stereocenters. The number of aromatic carboxylic acids is 1. The van der Waals surface area contributed by atoms with Gasteiger partial charge in [-0.25, -0.2) is 14.2 Å². The van der Waals surface area contributed by atoms with Crippen molar-refractivity contribution in [1.29, 1.82) is 0 Å². The molecule has 0 aromatic carbocycles. The van der Waals surface area contributed by atoms with Crippen molar-refractivity contribution in [2.75, 3.05) is 0 Å². The molecule has 2 aromatic heterocycles. The second-order valence-corrected chi connectivity index (χ2v) is 2.58. The van der Waals surface area contributed by atoms with Crippen LogP contribution in [0.2, 0.25) is 0 Å². The molecule has 72 valence electrons. The zero-order chi connectivity index (χ0) is 10.1. The second-order valence-electron chi connectivity index (χ2n) is 2.58. The van der Waals surface area contributed by atoms with Crippen LogP contribution in [0.15, 0.2) is 12.4 Å². The van der Waals surface area contributed by atoms with E-state index in [0.717, 1.165) is 0 Å². The van der Waals surface area contributed by atoms with Crippen LogP contribution in [0.1, 0.15) is 10.4 Å². The zero-order valence-corrected chi connectivity index (χ0v) is 7.19. The molecule has 0 aliphatic rings. The van der Waals surface area contributed by atoms with E-state index in [2.05, 4.69) is 20.6 Å². The van der Waals surface area contributed by atoms with Gasteiger partial charge in [-0.1, -0.05) is 5.10 Å². The summed E-state index contributed by atoms with van der Waals surface area (Å²) in [7, 11) is 1.64. The first-order valence-corrected chi connectivity index (χ1v) is 3.69. The van der Waals surface area contributed by atoms with Crippen LogP contribution in [0.5, 0.6) is 0 Å². The number of carbonyl (C=O) groups is 1. The van der Waals surface area contributed by atoms with Crippen LogP contribution in [0.4, 0.5) is 0 Å². The Balaban J connectivity index is 2.43. The minimum absolute atomic E-state index is 0.0907. The fourth-order valence-corrected chi connectivity index (χ4v) is 0.961. The third kappa shape index (κ3) is 1.22. The average molecular weight is 194 g/mol. The molecule has 14 heavy (non-hydrogen) atoms. The number of aromatic nitrogens is 6. The van der Waals surface area contributed by atoms with Gasteiger partial charge in [0.2, 0.25) is 0 Å². The van der Waals surface area contributed by atoms with Crippen LogP contribution in [0.3, 0.4) is 0 Å². The van der Waals surface area contributed by atoms with Crippen LogP contribution in [-0.4, -0.2) is 41.1 Å². The molecule has 2 aromatic rings. The lowest BCUT2D eigenvalue weighted by atomic mass is 10.4. The first-order valence-electron chi connectivity index (χ1n) is 3.69. The molecule has 0 bridgehead atoms. The molecule has 0 radical (unpaired) electrons. The Bertz CT molecular complexity index is 472. The maximum Gasteiger partial charge on any atom is 0.338 e. The predicted octanol–water partition coefficient (Wildman–Crippen LogP) is -0.906. The van der Waals surface area contributed by atoms with E-state index in [1.165, 1.54) is 21.8 Å². The van der Waals surface area contributed by atoms with Crippen LogP contribution in [-0.2, 0) is 7.05 Å². The standard InChI is InChI=1S/C6H6N6O2/c1-11-6(8-9-10-11)12-3-4(2-7-12)5(13)14/h2-3H,1H3,(H,13,14). The summed E-state index contributed by atoms with van der Waals surface area (Å²) in [5, 5.41) is 23.1. The number of rotatable bonds is 2. The maximum atomic E-state index is 10.6. The Kier molecular flexibility index (Phi) is 1.73. The first-order chi connectivity index (χ1) is 6.68. The molecule has 8 heteroatoms. The van der Waals surface area contributed by atoms with E-state index in [1.54, 1.807) is 7.05 Å². The molecule has 0 saturated heterocycles. The molecule has 0 amide bonds. The monoisotopic (exact) mass is 194 g/mol. The minimum Gasteiger partial charge on any atom is -0.478 e. The second kappa shape index (κ2) is 2.91. The third-order valence-corrected chi connectivity index (χ3v) is 1.63. The van der Waals surface area contributed by atoms with E-state index in [4.69, 9.17) is 5.11 Å². The van der Waals surface area contributed by atoms with Crippen molar-refractivity contribution >= 4 is 5.97 Å². The van der Waals surface area contributed by atoms with Crippen molar-refractivity contribution < 1.29 is 9.90 Å². The normalized spacial score (nSPS) is 10.4. The fourth-order valence-electron chi connectivity index (χ4n) is 0.961. The van der Waals surface area contributed by atoms with Crippen LogP contribution in [0, 0.1) is 0 Å². The highest BCUT2D eigenvalue weighted by Gasteiger charge is 2.10. The SMILES string of the molecule is Cn1nnnc1-n1cc(C(=O)O)cn1. The van der Waals surface area contributed by atoms with Gasteiger partial charge in [0.25, 0.3) is 5.95 Å². The molecule has 0 fully saturated rings. The average Bonchev–Trinajstić information content (AvgIpc) is 2.71. The van der Waals surface area contributed by atoms with Crippen molar-refractivity contribution in [3.63, 3.8) is 0 Å². The summed E-state index contributed by atoms with van der Waals surface area (Å²) in [5.41, 5.74) is 0.0907. The summed E-state index contributed by atoms with van der Waals surface area (Å²) < 4.78 is 2.68. The van der Waals surface area contributed by atoms with Gasteiger partial charge in [-0.2, -0.15) is 5.10 Å². The highest BCUT2D eigenvalue weighted by molar-refractivity contribution is 5.86. The van der Waals surface area contributed by atoms with Gasteiger partial charge in [-0.3, -0.25) is 0 Å². The highest BCUT2D eigenvalue weighted by Crippen LogP contribution is 2.02. The minimum atomic E-state index is -1.04. The van der Waals surface area contributed by atoms with Gasteiger partial charge >= 0.3 is 5.97 Å². The molecular weight excluding hydrogens is 188 g/mol. The molecule has 0 aliphatic carbocycles. The smallest absolute Gasteiger partial charge is 0.338 e. The quantitative estimate of drug-likeness (QED) is 0.664. The molecular formula is C6H6N6O2. The van der Waals surface area contributed by atoms with Gasteiger partial charge in [0.15, 0.2) is 0 Å². The van der Waals surface area contributed by atoms with E-state index in [-0.39, 0.29) is 5.56 Å². The van der Waals surface area contributed by atoms with E-state index in [9.17, 15) is 4.79 Å². The van der Waals surface area contributed by atoms with Crippen molar-refractivity contribution in [2.45, 2.75) is 0 Å². The van der Waals surface area contributed by atoms with Crippen LogP contribution in [0.25, 0.3) is 5.95 Å². The summed E-state index contributed by atoms with van der Waals surface area (Å²) in [4.78, 5) is 10.6. The molecule has 2 rings (SSSR count). The van der Waals surface area contributed by atoms with E-state index >= 15 is 0 Å². The fraction of sp³-hybridized carbons (Fsp3) is 0.167. The van der Waals surface area contributed by atoms with Crippen molar-refractivity contribution in [3.8, 4) is 5.95 Å². The molecule has 0 atom stereocenters. The lowest BCUT2D eigenvalue weighted by molar-refractivity contribution is 0.0697. The molecule has 8 nitrogen and oxygen atoms in total. The number of tetrazole rings is 1. The van der Waals surface area contributed by atoms with Gasteiger partial charge in [-0.05, 0) is 10.4 Å². The Morgan fingerprint density at radius 3 is 2.86 bits per heavy atom. The van der Waals surface area contributed by atoms with E-state index < -0.39 is 5.97 Å². The van der Waals surface area contributed by atoms with Crippen molar-refractivity contribution in [2.24, 2.45) is 7.05 Å². The third-order valence-electron chi connectivity index (χ3n) is 1.63. The summed E-state index contributed by atoms with van der Waals surface area (Å²) in [5.74, 6) is -0.677. The highest BCUT2D eigenvalue weighted by atomic mass is 16.4. The summed E-state index contributed by atoms with van der Waals surface area (Å²) in [6.07, 6.45) is 2.57. The van der Waals surface area contributed by atoms with E-state index in [0.29, 0.717) is 5.95 Å². The van der Waals surface area contributed by atoms with Crippen LogP contribution < -0.4 is 0 Å². The summed E-state index contributed by atoms with van der Waals surface area (Å²) in [6, 6.07) is 0. The lowest BCUT2D eigenvalue weighted by Crippen LogP contribution is -2.04. The van der Waals surface area contributed by atoms with Crippen molar-refractivity contribution in [3.05, 3.63) is 18.0 Å². The lowest BCUT2D eigenvalue weighted by Gasteiger charge is -1.95. The Hall–Kier alpha value is -2.25. The zero-order valence-electron chi connectivity index (χ0n) is 7.19. The van der Waals surface area contributed by atoms with Crippen molar-refractivity contribution in [1.82, 2.24) is 30.0 Å². The topological polar surface area (TPSA) is 98.7 Å². The largest absolute Gasteiger partial charge is 0.478 e. The first kappa shape index (κ1) is 8.35. The van der Waals surface area contributed by atoms with Gasteiger partial charge in [0.05, 0.1) is 11.8 Å². The summed E-state index contributed by atoms with van der Waals surface area (Å²) in [6.45, 7) is 0. The van der Waals surface area contributed by atoms with Gasteiger partial charge in [-0.15, -0.1) is 0 Å². The Labute approximate surface area is 77.8 Å². The van der Waals surface area contributed by atoms with Gasteiger partial charge in [0, 0.05) is 13.2 Å². The summed E-state index contributed by atoms with van der Waals surface area (Å²) >= 11 is 0. The number of nitrogens with zero attached hydrogens (tertiary/aromatic N) is 6. The predicted molar refractivity (Wildman–Crippen MR) is 42.9 cm³/mol. The number of aryl methyl sites for hydroxylation is 1. The molecule has 1 N–H and O–H groups in total. The number of hydrogen-bond acceptors (Lipinski definition) is 5. The van der Waals surface area contributed by atoms with Gasteiger partial charge < -0.3 is 5.11 Å². The number of carboxylic acid groups (broad SMARTS) is 1. The van der Waals surface area contributed by atoms with E-state index in [1.807, 2.05) is 0 Å². The molecule has 0 aliphatic heterocycles. The van der Waals surface area contributed by atoms with Crippen LogP contribution >= 0.6 is 0 Å². The Morgan fingerprint density at radius 1 is 1.57 bits per heavy atom. The molecule has 0 saturated carbocycles. The number of hydrogen-bond donors (Lipinski definition) is 1.